The van der Waals surface area contributed by atoms with Gasteiger partial charge in [0.05, 0.1) is 0 Å². The molecule has 0 heterocycles. The molecule has 0 aliphatic carbocycles. The van der Waals surface area contributed by atoms with Crippen LogP contribution in [0.15, 0.2) is 60.7 Å². The summed E-state index contributed by atoms with van der Waals surface area (Å²) in [5.74, 6) is 0. The van der Waals surface area contributed by atoms with Crippen LogP contribution in [0.25, 0.3) is 0 Å². The van der Waals surface area contributed by atoms with Gasteiger partial charge in [-0.3, -0.25) is 0 Å². The predicted molar refractivity (Wildman–Crippen MR) is 77.6 cm³/mol. The first kappa shape index (κ1) is 12.7. The molecule has 1 heteroatoms. The molecule has 0 spiro atoms. The van der Waals surface area contributed by atoms with Gasteiger partial charge in [0.25, 0.3) is 0 Å². The SMILES string of the molecule is C[C](C)(C)[Sb]([c]1ccccc1)[c]1ccccc1. The summed E-state index contributed by atoms with van der Waals surface area (Å²) in [4.78, 5) is 0. The van der Waals surface area contributed by atoms with Gasteiger partial charge >= 0.3 is 112 Å². The molecule has 0 saturated carbocycles. The van der Waals surface area contributed by atoms with Crippen LogP contribution in [-0.4, -0.2) is 20.2 Å². The van der Waals surface area contributed by atoms with E-state index in [0.29, 0.717) is 3.36 Å². The normalized spacial score (nSPS) is 11.8. The zero-order valence-corrected chi connectivity index (χ0v) is 13.3. The van der Waals surface area contributed by atoms with Crippen molar-refractivity contribution in [1.29, 1.82) is 0 Å². The third-order valence-corrected chi connectivity index (χ3v) is 11.2. The molecule has 0 aromatic heterocycles. The molecule has 88 valence electrons. The first-order valence-electron chi connectivity index (χ1n) is 5.99. The molecule has 0 atom stereocenters. The van der Waals surface area contributed by atoms with E-state index in [1.807, 2.05) is 0 Å². The second kappa shape index (κ2) is 5.27. The minimum absolute atomic E-state index is 0.408. The van der Waals surface area contributed by atoms with Gasteiger partial charge in [-0.1, -0.05) is 0 Å². The van der Waals surface area contributed by atoms with Crippen LogP contribution in [-0.2, 0) is 0 Å². The maximum atomic E-state index is 2.38. The zero-order chi connectivity index (χ0) is 12.3. The third kappa shape index (κ3) is 3.13. The Labute approximate surface area is 112 Å². The minimum atomic E-state index is -1.65. The molecule has 0 saturated heterocycles. The molecular formula is C16H19Sb. The Hall–Kier alpha value is -0.742. The van der Waals surface area contributed by atoms with Gasteiger partial charge < -0.3 is 0 Å². The van der Waals surface area contributed by atoms with Crippen LogP contribution in [0.1, 0.15) is 20.8 Å². The van der Waals surface area contributed by atoms with E-state index in [0.717, 1.165) is 0 Å². The van der Waals surface area contributed by atoms with Gasteiger partial charge in [0.15, 0.2) is 0 Å². The summed E-state index contributed by atoms with van der Waals surface area (Å²) >= 11 is -1.65. The van der Waals surface area contributed by atoms with Gasteiger partial charge in [0, 0.05) is 0 Å². The van der Waals surface area contributed by atoms with Crippen LogP contribution in [0.3, 0.4) is 0 Å². The fourth-order valence-corrected chi connectivity index (χ4v) is 10.0. The van der Waals surface area contributed by atoms with Crippen molar-refractivity contribution in [2.45, 2.75) is 24.1 Å². The van der Waals surface area contributed by atoms with E-state index in [1.54, 1.807) is 7.02 Å². The van der Waals surface area contributed by atoms with E-state index >= 15 is 0 Å². The summed E-state index contributed by atoms with van der Waals surface area (Å²) in [5, 5.41) is 0. The van der Waals surface area contributed by atoms with Crippen molar-refractivity contribution in [3.05, 3.63) is 60.7 Å². The topological polar surface area (TPSA) is 0 Å². The molecule has 0 N–H and O–H groups in total. The van der Waals surface area contributed by atoms with Crippen molar-refractivity contribution >= 4 is 27.2 Å². The zero-order valence-electron chi connectivity index (χ0n) is 10.7. The first-order valence-corrected chi connectivity index (χ1v) is 9.82. The van der Waals surface area contributed by atoms with E-state index in [4.69, 9.17) is 0 Å². The molecule has 0 radical (unpaired) electrons. The van der Waals surface area contributed by atoms with Crippen LogP contribution in [0.5, 0.6) is 0 Å². The Morgan fingerprint density at radius 1 is 0.647 bits per heavy atom. The van der Waals surface area contributed by atoms with Gasteiger partial charge in [-0.05, 0) is 0 Å². The summed E-state index contributed by atoms with van der Waals surface area (Å²) < 4.78 is 3.56. The van der Waals surface area contributed by atoms with Crippen LogP contribution in [0.4, 0.5) is 0 Å². The molecule has 0 aliphatic rings. The monoisotopic (exact) mass is 332 g/mol. The van der Waals surface area contributed by atoms with Crippen molar-refractivity contribution in [2.75, 3.05) is 0 Å². The molecule has 0 nitrogen and oxygen atoms in total. The first-order chi connectivity index (χ1) is 8.09. The average molecular weight is 333 g/mol. The Kier molecular flexibility index (Phi) is 3.94. The van der Waals surface area contributed by atoms with E-state index in [2.05, 4.69) is 81.4 Å². The van der Waals surface area contributed by atoms with Crippen molar-refractivity contribution in [1.82, 2.24) is 0 Å². The van der Waals surface area contributed by atoms with Crippen molar-refractivity contribution in [3.8, 4) is 0 Å². The maximum absolute atomic E-state index is 2.38. The average Bonchev–Trinajstić information content (AvgIpc) is 2.30. The fourth-order valence-electron chi connectivity index (χ4n) is 2.08. The number of benzene rings is 2. The van der Waals surface area contributed by atoms with Gasteiger partial charge in [0.2, 0.25) is 0 Å². The summed E-state index contributed by atoms with van der Waals surface area (Å²) in [6.07, 6.45) is 0. The molecule has 0 fully saturated rings. The second-order valence-electron chi connectivity index (χ2n) is 5.18. The quantitative estimate of drug-likeness (QED) is 0.741. The Morgan fingerprint density at radius 2 is 1.00 bits per heavy atom. The molecule has 0 amide bonds. The standard InChI is InChI=1S/2C6H5.C4H9.Sb/c2*1-2-4-6-5-3-1;1-4(2)3;/h2*1-5H;1-3H3;. The summed E-state index contributed by atoms with van der Waals surface area (Å²) in [6.45, 7) is 7.15. The summed E-state index contributed by atoms with van der Waals surface area (Å²) in [6, 6.07) is 22.1. The third-order valence-electron chi connectivity index (χ3n) is 2.70. The summed E-state index contributed by atoms with van der Waals surface area (Å²) in [7, 11) is 0. The van der Waals surface area contributed by atoms with Gasteiger partial charge in [-0.2, -0.15) is 0 Å². The molecular weight excluding hydrogens is 314 g/mol. The predicted octanol–water partition coefficient (Wildman–Crippen LogP) is 3.10. The van der Waals surface area contributed by atoms with Crippen molar-refractivity contribution in [3.63, 3.8) is 0 Å². The van der Waals surface area contributed by atoms with Crippen LogP contribution in [0, 0.1) is 0 Å². The molecule has 2 rings (SSSR count). The molecule has 17 heavy (non-hydrogen) atoms. The van der Waals surface area contributed by atoms with E-state index in [9.17, 15) is 0 Å². The van der Waals surface area contributed by atoms with Crippen molar-refractivity contribution in [2.24, 2.45) is 0 Å². The van der Waals surface area contributed by atoms with Crippen LogP contribution >= 0.6 is 0 Å². The molecule has 2 aromatic rings. The van der Waals surface area contributed by atoms with Crippen molar-refractivity contribution < 1.29 is 0 Å². The molecule has 0 bridgehead atoms. The Balaban J connectivity index is 2.48. The summed E-state index contributed by atoms with van der Waals surface area (Å²) in [5.41, 5.74) is 0. The number of hydrogen-bond donors (Lipinski definition) is 0. The number of rotatable bonds is 2. The van der Waals surface area contributed by atoms with E-state index < -0.39 is 20.2 Å². The van der Waals surface area contributed by atoms with Gasteiger partial charge in [-0.15, -0.1) is 0 Å². The van der Waals surface area contributed by atoms with Gasteiger partial charge in [0.1, 0.15) is 0 Å². The molecule has 0 unspecified atom stereocenters. The fraction of sp³-hybridized carbons (Fsp3) is 0.250. The van der Waals surface area contributed by atoms with E-state index in [-0.39, 0.29) is 0 Å². The van der Waals surface area contributed by atoms with Crippen LogP contribution in [0.2, 0.25) is 3.36 Å². The van der Waals surface area contributed by atoms with Crippen LogP contribution < -0.4 is 7.02 Å². The Bertz CT molecular complexity index is 414. The molecule has 2 aromatic carbocycles. The second-order valence-corrected chi connectivity index (χ2v) is 13.9. The number of hydrogen-bond acceptors (Lipinski definition) is 0. The molecule has 0 aliphatic heterocycles. The van der Waals surface area contributed by atoms with E-state index in [1.165, 1.54) is 0 Å². The Morgan fingerprint density at radius 3 is 1.29 bits per heavy atom. The van der Waals surface area contributed by atoms with Gasteiger partial charge in [-0.25, -0.2) is 0 Å².